The predicted octanol–water partition coefficient (Wildman–Crippen LogP) is 2.02. The smallest absolute Gasteiger partial charge is 0.341 e. The monoisotopic (exact) mass is 372 g/mol. The van der Waals surface area contributed by atoms with E-state index >= 15 is 0 Å². The first-order chi connectivity index (χ1) is 9.92. The molecule has 6 nitrogen and oxygen atoms in total. The van der Waals surface area contributed by atoms with Crippen LogP contribution < -0.4 is 4.90 Å². The van der Waals surface area contributed by atoms with E-state index in [1.54, 1.807) is 6.07 Å². The van der Waals surface area contributed by atoms with Crippen molar-refractivity contribution in [3.8, 4) is 0 Å². The number of carbonyl (C=O) groups excluding carboxylic acids is 3. The van der Waals surface area contributed by atoms with E-state index in [2.05, 4.69) is 20.9 Å². The predicted molar refractivity (Wildman–Crippen MR) is 82.3 cm³/mol. The number of hydrogen-bond donors (Lipinski definition) is 0. The Kier molecular flexibility index (Phi) is 5.00. The summed E-state index contributed by atoms with van der Waals surface area (Å²) in [4.78, 5) is 40.7. The number of methoxy groups -OCH3 is 1. The molecule has 1 aromatic rings. The van der Waals surface area contributed by atoms with Crippen molar-refractivity contribution in [1.29, 1.82) is 0 Å². The van der Waals surface area contributed by atoms with Crippen molar-refractivity contribution < 1.29 is 19.1 Å². The van der Waals surface area contributed by atoms with Gasteiger partial charge in [-0.2, -0.15) is 0 Å². The van der Waals surface area contributed by atoms with Crippen LogP contribution in [0.2, 0.25) is 0 Å². The van der Waals surface area contributed by atoms with E-state index in [-0.39, 0.29) is 34.1 Å². The van der Waals surface area contributed by atoms with Crippen LogP contribution >= 0.6 is 27.7 Å². The number of aromatic nitrogens is 1. The number of anilines is 1. The number of rotatable bonds is 3. The van der Waals surface area contributed by atoms with E-state index in [0.29, 0.717) is 11.0 Å². The van der Waals surface area contributed by atoms with Crippen LogP contribution in [0.4, 0.5) is 5.82 Å². The van der Waals surface area contributed by atoms with Gasteiger partial charge in [-0.05, 0) is 22.0 Å². The van der Waals surface area contributed by atoms with Crippen molar-refractivity contribution in [1.82, 2.24) is 4.98 Å². The first kappa shape index (κ1) is 16.0. The van der Waals surface area contributed by atoms with Crippen LogP contribution in [0.5, 0.6) is 0 Å². The van der Waals surface area contributed by atoms with E-state index in [9.17, 15) is 14.4 Å². The molecule has 8 heteroatoms. The maximum atomic E-state index is 12.1. The zero-order valence-electron chi connectivity index (χ0n) is 11.5. The van der Waals surface area contributed by atoms with Crippen LogP contribution in [0.1, 0.15) is 23.7 Å². The molecule has 21 heavy (non-hydrogen) atoms. The highest BCUT2D eigenvalue weighted by molar-refractivity contribution is 9.10. The van der Waals surface area contributed by atoms with Crippen LogP contribution in [0, 0.1) is 0 Å². The maximum absolute atomic E-state index is 12.1. The van der Waals surface area contributed by atoms with Crippen LogP contribution in [0.15, 0.2) is 16.7 Å². The van der Waals surface area contributed by atoms with E-state index < -0.39 is 5.97 Å². The number of nitrogens with zero attached hydrogens (tertiary/aromatic N) is 2. The Bertz CT molecular complexity index is 608. The lowest BCUT2D eigenvalue weighted by molar-refractivity contribution is -0.117. The first-order valence-electron chi connectivity index (χ1n) is 6.13. The second kappa shape index (κ2) is 6.57. The molecule has 1 atom stereocenters. The molecule has 1 fully saturated rings. The quantitative estimate of drug-likeness (QED) is 0.755. The Morgan fingerprint density at radius 2 is 2.24 bits per heavy atom. The second-order valence-corrected chi connectivity index (χ2v) is 6.85. The maximum Gasteiger partial charge on any atom is 0.341 e. The Labute approximate surface area is 134 Å². The Morgan fingerprint density at radius 1 is 1.52 bits per heavy atom. The van der Waals surface area contributed by atoms with Crippen molar-refractivity contribution in [2.75, 3.05) is 18.6 Å². The minimum Gasteiger partial charge on any atom is -0.465 e. The summed E-state index contributed by atoms with van der Waals surface area (Å²) in [7, 11) is 1.27. The molecule has 0 aliphatic carbocycles. The molecule has 1 unspecified atom stereocenters. The molecule has 1 amide bonds. The van der Waals surface area contributed by atoms with Gasteiger partial charge >= 0.3 is 5.97 Å². The molecule has 112 valence electrons. The highest BCUT2D eigenvalue weighted by Gasteiger charge is 2.34. The third kappa shape index (κ3) is 3.62. The zero-order chi connectivity index (χ0) is 15.6. The number of esters is 1. The van der Waals surface area contributed by atoms with Crippen molar-refractivity contribution in [3.63, 3.8) is 0 Å². The van der Waals surface area contributed by atoms with Gasteiger partial charge < -0.3 is 4.74 Å². The summed E-state index contributed by atoms with van der Waals surface area (Å²) in [6.45, 7) is 1.82. The topological polar surface area (TPSA) is 76.6 Å². The fraction of sp³-hybridized carbons (Fsp3) is 0.385. The lowest BCUT2D eigenvalue weighted by atomic mass is 10.2. The fourth-order valence-electron chi connectivity index (χ4n) is 2.10. The van der Waals surface area contributed by atoms with E-state index in [0.717, 1.165) is 11.8 Å². The standard InChI is InChI=1S/C13H13BrN2O4S/c1-7(17)21-9-4-11(18)16(6-9)12-10(13(19)20-2)3-8(14)5-15-12/h3,5,9H,4,6H2,1-2H3. The van der Waals surface area contributed by atoms with Crippen molar-refractivity contribution in [2.45, 2.75) is 18.6 Å². The summed E-state index contributed by atoms with van der Waals surface area (Å²) < 4.78 is 5.34. The van der Waals surface area contributed by atoms with Crippen molar-refractivity contribution >= 4 is 50.5 Å². The van der Waals surface area contributed by atoms with Gasteiger partial charge in [-0.1, -0.05) is 11.8 Å². The molecule has 0 spiro atoms. The van der Waals surface area contributed by atoms with Gasteiger partial charge in [0.15, 0.2) is 5.12 Å². The molecule has 0 aromatic carbocycles. The summed E-state index contributed by atoms with van der Waals surface area (Å²) in [5.74, 6) is -0.454. The summed E-state index contributed by atoms with van der Waals surface area (Å²) in [6.07, 6.45) is 1.77. The summed E-state index contributed by atoms with van der Waals surface area (Å²) in [5, 5.41) is -0.155. The summed E-state index contributed by atoms with van der Waals surface area (Å²) in [6, 6.07) is 1.56. The molecule has 2 rings (SSSR count). The molecule has 1 aromatic heterocycles. The minimum atomic E-state index is -0.561. The van der Waals surface area contributed by atoms with Gasteiger partial charge in [0.25, 0.3) is 0 Å². The van der Waals surface area contributed by atoms with Gasteiger partial charge in [-0.3, -0.25) is 14.5 Å². The van der Waals surface area contributed by atoms with Crippen LogP contribution in [0.25, 0.3) is 0 Å². The minimum absolute atomic E-state index is 0.0355. The third-order valence-electron chi connectivity index (χ3n) is 2.92. The molecule has 0 saturated carbocycles. The molecule has 0 radical (unpaired) electrons. The zero-order valence-corrected chi connectivity index (χ0v) is 13.9. The van der Waals surface area contributed by atoms with Crippen LogP contribution in [-0.4, -0.2) is 40.9 Å². The molecule has 1 saturated heterocycles. The lowest BCUT2D eigenvalue weighted by Gasteiger charge is -2.18. The average Bonchev–Trinajstić information content (AvgIpc) is 2.77. The number of amides is 1. The van der Waals surface area contributed by atoms with E-state index in [1.807, 2.05) is 0 Å². The molecular formula is C13H13BrN2O4S. The number of halogens is 1. The molecule has 1 aliphatic rings. The van der Waals surface area contributed by atoms with Gasteiger partial charge in [-0.25, -0.2) is 9.78 Å². The molecule has 0 N–H and O–H groups in total. The lowest BCUT2D eigenvalue weighted by Crippen LogP contribution is -2.28. The number of thioether (sulfide) groups is 1. The van der Waals surface area contributed by atoms with Crippen molar-refractivity contribution in [2.24, 2.45) is 0 Å². The van der Waals surface area contributed by atoms with Gasteiger partial charge in [0.2, 0.25) is 5.91 Å². The fourth-order valence-corrected chi connectivity index (χ4v) is 3.35. The highest BCUT2D eigenvalue weighted by atomic mass is 79.9. The normalized spacial score (nSPS) is 18.0. The Balaban J connectivity index is 2.31. The molecule has 1 aliphatic heterocycles. The van der Waals surface area contributed by atoms with Crippen LogP contribution in [0.3, 0.4) is 0 Å². The van der Waals surface area contributed by atoms with Gasteiger partial charge in [0.1, 0.15) is 11.4 Å². The average molecular weight is 373 g/mol. The number of ether oxygens (including phenoxy) is 1. The largest absolute Gasteiger partial charge is 0.465 e. The van der Waals surface area contributed by atoms with Gasteiger partial charge in [0, 0.05) is 35.8 Å². The Hall–Kier alpha value is -1.41. The molecule has 2 heterocycles. The van der Waals surface area contributed by atoms with Gasteiger partial charge in [0.05, 0.1) is 7.11 Å². The second-order valence-electron chi connectivity index (χ2n) is 4.46. The van der Waals surface area contributed by atoms with Crippen LogP contribution in [-0.2, 0) is 14.3 Å². The van der Waals surface area contributed by atoms with Gasteiger partial charge in [-0.15, -0.1) is 0 Å². The summed E-state index contributed by atoms with van der Waals surface area (Å²) in [5.41, 5.74) is 0.216. The highest BCUT2D eigenvalue weighted by Crippen LogP contribution is 2.30. The summed E-state index contributed by atoms with van der Waals surface area (Å²) >= 11 is 4.37. The van der Waals surface area contributed by atoms with Crippen molar-refractivity contribution in [3.05, 3.63) is 22.3 Å². The first-order valence-corrected chi connectivity index (χ1v) is 7.81. The third-order valence-corrected chi connectivity index (χ3v) is 4.33. The Morgan fingerprint density at radius 3 is 2.86 bits per heavy atom. The SMILES string of the molecule is COC(=O)c1cc(Br)cnc1N1CC(SC(C)=O)CC1=O. The number of carbonyl (C=O) groups is 3. The number of hydrogen-bond acceptors (Lipinski definition) is 6. The molecule has 0 bridgehead atoms. The van der Waals surface area contributed by atoms with E-state index in [4.69, 9.17) is 4.74 Å². The van der Waals surface area contributed by atoms with E-state index in [1.165, 1.54) is 25.1 Å². The molecular weight excluding hydrogens is 360 g/mol. The number of pyridine rings is 1.